The number of hydrogen-bond acceptors (Lipinski definition) is 1. The lowest BCUT2D eigenvalue weighted by Gasteiger charge is -2.05. The maximum absolute atomic E-state index is 2.27. The molecule has 0 saturated carbocycles. The summed E-state index contributed by atoms with van der Waals surface area (Å²) in [5.74, 6) is 0. The zero-order chi connectivity index (χ0) is 15.3. The first-order valence-electron chi connectivity index (χ1n) is 7.53. The van der Waals surface area contributed by atoms with Gasteiger partial charge in [-0.25, -0.2) is 4.57 Å². The Morgan fingerprint density at radius 1 is 0.773 bits per heavy atom. The Morgan fingerprint density at radius 3 is 2.41 bits per heavy atom. The molecule has 0 unspecified atom stereocenters. The Kier molecular flexibility index (Phi) is 3.02. The van der Waals surface area contributed by atoms with Crippen LogP contribution in [0.1, 0.15) is 11.1 Å². The van der Waals surface area contributed by atoms with Gasteiger partial charge in [-0.3, -0.25) is 0 Å². The molecule has 0 amide bonds. The van der Waals surface area contributed by atoms with Crippen molar-refractivity contribution in [2.45, 2.75) is 13.8 Å². The van der Waals surface area contributed by atoms with Crippen molar-refractivity contribution >= 4 is 31.5 Å². The topological polar surface area (TPSA) is 3.88 Å². The summed E-state index contributed by atoms with van der Waals surface area (Å²) in [5, 5.41) is 2.74. The van der Waals surface area contributed by atoms with Crippen LogP contribution < -0.4 is 4.57 Å². The summed E-state index contributed by atoms with van der Waals surface area (Å²) in [6, 6.07) is 17.5. The number of rotatable bonds is 1. The van der Waals surface area contributed by atoms with Crippen molar-refractivity contribution < 1.29 is 4.57 Å². The molecule has 0 bridgehead atoms. The summed E-state index contributed by atoms with van der Waals surface area (Å²) in [4.78, 5) is 0. The normalized spacial score (nSPS) is 11.4. The predicted molar refractivity (Wildman–Crippen MR) is 95.4 cm³/mol. The molecule has 0 fully saturated rings. The van der Waals surface area contributed by atoms with Gasteiger partial charge in [0.25, 0.3) is 0 Å². The molecule has 4 rings (SSSR count). The molecule has 4 aromatic rings. The van der Waals surface area contributed by atoms with E-state index in [1.165, 1.54) is 42.6 Å². The van der Waals surface area contributed by atoms with Crippen LogP contribution >= 0.6 is 11.3 Å². The number of nitrogens with zero attached hydrogens (tertiary/aromatic N) is 1. The van der Waals surface area contributed by atoms with E-state index in [-0.39, 0.29) is 0 Å². The van der Waals surface area contributed by atoms with E-state index < -0.39 is 0 Å². The van der Waals surface area contributed by atoms with Gasteiger partial charge in [0.05, 0.1) is 5.56 Å². The van der Waals surface area contributed by atoms with E-state index in [4.69, 9.17) is 0 Å². The molecule has 0 N–H and O–H groups in total. The highest BCUT2D eigenvalue weighted by molar-refractivity contribution is 7.26. The van der Waals surface area contributed by atoms with Crippen LogP contribution in [0.5, 0.6) is 0 Å². The van der Waals surface area contributed by atoms with Gasteiger partial charge in [0.15, 0.2) is 6.20 Å². The first-order valence-corrected chi connectivity index (χ1v) is 8.35. The third-order valence-electron chi connectivity index (χ3n) is 4.38. The number of benzene rings is 2. The zero-order valence-electron chi connectivity index (χ0n) is 13.1. The highest BCUT2D eigenvalue weighted by atomic mass is 32.1. The van der Waals surface area contributed by atoms with Crippen LogP contribution in [0, 0.1) is 13.8 Å². The van der Waals surface area contributed by atoms with Gasteiger partial charge in [-0.05, 0) is 31.0 Å². The lowest BCUT2D eigenvalue weighted by molar-refractivity contribution is -0.660. The van der Waals surface area contributed by atoms with E-state index in [1.807, 2.05) is 11.3 Å². The molecular formula is C20H18NS+. The van der Waals surface area contributed by atoms with Gasteiger partial charge >= 0.3 is 0 Å². The largest absolute Gasteiger partial charge is 0.213 e. The molecule has 108 valence electrons. The second-order valence-electron chi connectivity index (χ2n) is 5.88. The van der Waals surface area contributed by atoms with Crippen molar-refractivity contribution in [3.05, 3.63) is 65.9 Å². The van der Waals surface area contributed by atoms with E-state index in [9.17, 15) is 0 Å². The number of aryl methyl sites for hydroxylation is 3. The standard InChI is InChI=1S/C20H18NS/c1-13-10-11-16-15-8-6-7-14(2)19(15)22-20(16)18(13)17-9-4-5-12-21(17)3/h4-12H,1-3H3/q+1. The minimum absolute atomic E-state index is 1.27. The number of thiophene rings is 1. The summed E-state index contributed by atoms with van der Waals surface area (Å²) in [5.41, 5.74) is 5.33. The van der Waals surface area contributed by atoms with E-state index in [0.717, 1.165) is 0 Å². The van der Waals surface area contributed by atoms with Crippen molar-refractivity contribution in [2.24, 2.45) is 7.05 Å². The summed E-state index contributed by atoms with van der Waals surface area (Å²) in [6.07, 6.45) is 2.12. The van der Waals surface area contributed by atoms with Crippen molar-refractivity contribution in [1.82, 2.24) is 0 Å². The molecule has 22 heavy (non-hydrogen) atoms. The van der Waals surface area contributed by atoms with Gasteiger partial charge in [-0.15, -0.1) is 11.3 Å². The molecule has 0 saturated heterocycles. The summed E-state index contributed by atoms with van der Waals surface area (Å²) in [6.45, 7) is 4.41. The fourth-order valence-electron chi connectivity index (χ4n) is 3.20. The fourth-order valence-corrected chi connectivity index (χ4v) is 4.58. The second-order valence-corrected chi connectivity index (χ2v) is 6.91. The molecular weight excluding hydrogens is 286 g/mol. The van der Waals surface area contributed by atoms with Gasteiger partial charge in [0, 0.05) is 32.3 Å². The third kappa shape index (κ3) is 1.87. The van der Waals surface area contributed by atoms with Crippen LogP contribution in [0.2, 0.25) is 0 Å². The first kappa shape index (κ1) is 13.5. The molecule has 0 aliphatic heterocycles. The average Bonchev–Trinajstić information content (AvgIpc) is 2.88. The number of fused-ring (bicyclic) bond motifs is 3. The van der Waals surface area contributed by atoms with Crippen molar-refractivity contribution in [2.75, 3.05) is 0 Å². The third-order valence-corrected chi connectivity index (χ3v) is 5.76. The predicted octanol–water partition coefficient (Wildman–Crippen LogP) is 5.16. The highest BCUT2D eigenvalue weighted by Crippen LogP contribution is 2.41. The average molecular weight is 304 g/mol. The van der Waals surface area contributed by atoms with Crippen molar-refractivity contribution in [3.8, 4) is 11.3 Å². The molecule has 2 heterocycles. The fraction of sp³-hybridized carbons (Fsp3) is 0.150. The molecule has 0 aliphatic rings. The van der Waals surface area contributed by atoms with Gasteiger partial charge < -0.3 is 0 Å². The molecule has 1 nitrogen and oxygen atoms in total. The van der Waals surface area contributed by atoms with Gasteiger partial charge in [0.2, 0.25) is 5.69 Å². The van der Waals surface area contributed by atoms with Crippen LogP contribution in [-0.4, -0.2) is 0 Å². The Bertz CT molecular complexity index is 1010. The highest BCUT2D eigenvalue weighted by Gasteiger charge is 2.18. The van der Waals surface area contributed by atoms with Crippen molar-refractivity contribution in [1.29, 1.82) is 0 Å². The molecule has 0 spiro atoms. The Hall–Kier alpha value is -2.19. The van der Waals surface area contributed by atoms with Crippen LogP contribution in [0.25, 0.3) is 31.4 Å². The quantitative estimate of drug-likeness (QED) is 0.427. The van der Waals surface area contributed by atoms with E-state index in [2.05, 4.69) is 80.2 Å². The van der Waals surface area contributed by atoms with E-state index in [1.54, 1.807) is 0 Å². The van der Waals surface area contributed by atoms with Crippen LogP contribution in [0.15, 0.2) is 54.7 Å². The minimum atomic E-state index is 1.27. The van der Waals surface area contributed by atoms with Crippen LogP contribution in [0.4, 0.5) is 0 Å². The Labute approximate surface area is 134 Å². The Balaban J connectivity index is 2.19. The van der Waals surface area contributed by atoms with Crippen LogP contribution in [-0.2, 0) is 7.05 Å². The summed E-state index contributed by atoms with van der Waals surface area (Å²) < 4.78 is 5.01. The van der Waals surface area contributed by atoms with Gasteiger partial charge in [-0.2, -0.15) is 0 Å². The number of pyridine rings is 1. The maximum Gasteiger partial charge on any atom is 0.213 e. The Morgan fingerprint density at radius 2 is 1.59 bits per heavy atom. The lowest BCUT2D eigenvalue weighted by Crippen LogP contribution is -2.30. The number of hydrogen-bond donors (Lipinski definition) is 0. The van der Waals surface area contributed by atoms with Crippen LogP contribution in [0.3, 0.4) is 0 Å². The lowest BCUT2D eigenvalue weighted by atomic mass is 10.0. The van der Waals surface area contributed by atoms with E-state index in [0.29, 0.717) is 0 Å². The summed E-state index contributed by atoms with van der Waals surface area (Å²) in [7, 11) is 2.12. The first-order chi connectivity index (χ1) is 10.7. The molecule has 0 atom stereocenters. The molecule has 2 aromatic carbocycles. The van der Waals surface area contributed by atoms with Crippen molar-refractivity contribution in [3.63, 3.8) is 0 Å². The van der Waals surface area contributed by atoms with Gasteiger partial charge in [-0.1, -0.05) is 30.3 Å². The van der Waals surface area contributed by atoms with Gasteiger partial charge in [0.1, 0.15) is 7.05 Å². The minimum Gasteiger partial charge on any atom is -0.201 e. The smallest absolute Gasteiger partial charge is 0.201 e. The molecule has 0 radical (unpaired) electrons. The maximum atomic E-state index is 2.27. The molecule has 0 aliphatic carbocycles. The number of aromatic nitrogens is 1. The van der Waals surface area contributed by atoms with E-state index >= 15 is 0 Å². The molecule has 2 heteroatoms. The SMILES string of the molecule is Cc1ccc2c(sc3c(C)cccc32)c1-c1cccc[n+]1C. The second kappa shape index (κ2) is 4.92. The summed E-state index contributed by atoms with van der Waals surface area (Å²) >= 11 is 1.92. The zero-order valence-corrected chi connectivity index (χ0v) is 13.9. The monoisotopic (exact) mass is 304 g/mol. The molecule has 2 aromatic heterocycles.